The van der Waals surface area contributed by atoms with E-state index in [0.717, 1.165) is 11.1 Å². The second kappa shape index (κ2) is 6.37. The van der Waals surface area contributed by atoms with Crippen LogP contribution in [0.3, 0.4) is 0 Å². The van der Waals surface area contributed by atoms with Crippen molar-refractivity contribution in [3.63, 3.8) is 0 Å². The topological polar surface area (TPSA) is 64.3 Å². The highest BCUT2D eigenvalue weighted by atomic mass is 19.1. The Morgan fingerprint density at radius 2 is 2.05 bits per heavy atom. The third kappa shape index (κ3) is 3.38. The zero-order valence-electron chi connectivity index (χ0n) is 11.9. The molecule has 0 bridgehead atoms. The van der Waals surface area contributed by atoms with Crippen LogP contribution in [0.5, 0.6) is 5.75 Å². The number of methoxy groups -OCH3 is 1. The molecule has 0 spiro atoms. The van der Waals surface area contributed by atoms with E-state index in [1.54, 1.807) is 31.2 Å². The van der Waals surface area contributed by atoms with Gasteiger partial charge in [-0.05, 0) is 36.8 Å². The van der Waals surface area contributed by atoms with Crippen molar-refractivity contribution in [2.24, 2.45) is 5.73 Å². The summed E-state index contributed by atoms with van der Waals surface area (Å²) in [4.78, 5) is 12.2. The van der Waals surface area contributed by atoms with Gasteiger partial charge in [0.2, 0.25) is 0 Å². The monoisotopic (exact) mass is 288 g/mol. The molecule has 2 aromatic carbocycles. The maximum atomic E-state index is 13.7. The Balaban J connectivity index is 2.29. The molecule has 2 rings (SSSR count). The zero-order chi connectivity index (χ0) is 15.4. The number of carbonyl (C=O) groups excluding carboxylic acids is 1. The number of nitrogens with two attached hydrogens (primary N) is 1. The van der Waals surface area contributed by atoms with E-state index in [4.69, 9.17) is 10.5 Å². The fourth-order valence-corrected chi connectivity index (χ4v) is 1.97. The van der Waals surface area contributed by atoms with E-state index in [2.05, 4.69) is 5.32 Å². The Morgan fingerprint density at radius 3 is 2.71 bits per heavy atom. The van der Waals surface area contributed by atoms with E-state index in [9.17, 15) is 9.18 Å². The van der Waals surface area contributed by atoms with Crippen molar-refractivity contribution < 1.29 is 13.9 Å². The van der Waals surface area contributed by atoms with Gasteiger partial charge in [0, 0.05) is 6.54 Å². The number of carbonyl (C=O) groups is 1. The molecule has 1 amide bonds. The smallest absolute Gasteiger partial charge is 0.258 e. The second-order valence-corrected chi connectivity index (χ2v) is 4.68. The summed E-state index contributed by atoms with van der Waals surface area (Å²) in [5, 5.41) is 2.65. The van der Waals surface area contributed by atoms with Crippen molar-refractivity contribution in [2.75, 3.05) is 12.4 Å². The summed E-state index contributed by atoms with van der Waals surface area (Å²) in [6.07, 6.45) is 0. The number of hydrogen-bond acceptors (Lipinski definition) is 3. The predicted octanol–water partition coefficient (Wildman–Crippen LogP) is 2.85. The summed E-state index contributed by atoms with van der Waals surface area (Å²) >= 11 is 0. The van der Waals surface area contributed by atoms with Crippen LogP contribution in [-0.4, -0.2) is 13.0 Å². The van der Waals surface area contributed by atoms with Gasteiger partial charge in [-0.2, -0.15) is 0 Å². The average molecular weight is 288 g/mol. The molecule has 0 unspecified atom stereocenters. The first-order valence-corrected chi connectivity index (χ1v) is 6.49. The molecule has 21 heavy (non-hydrogen) atoms. The van der Waals surface area contributed by atoms with E-state index in [1.165, 1.54) is 19.2 Å². The van der Waals surface area contributed by atoms with Gasteiger partial charge in [0.15, 0.2) is 0 Å². The number of hydrogen-bond donors (Lipinski definition) is 2. The number of rotatable bonds is 4. The van der Waals surface area contributed by atoms with Crippen molar-refractivity contribution in [1.29, 1.82) is 0 Å². The molecule has 0 atom stereocenters. The van der Waals surface area contributed by atoms with Gasteiger partial charge in [0.1, 0.15) is 11.6 Å². The lowest BCUT2D eigenvalue weighted by Crippen LogP contribution is -2.15. The highest BCUT2D eigenvalue weighted by Crippen LogP contribution is 2.26. The van der Waals surface area contributed by atoms with E-state index >= 15 is 0 Å². The first-order chi connectivity index (χ1) is 10.0. The normalized spacial score (nSPS) is 10.3. The van der Waals surface area contributed by atoms with Crippen LogP contribution in [0.1, 0.15) is 21.5 Å². The zero-order valence-corrected chi connectivity index (χ0v) is 11.9. The van der Waals surface area contributed by atoms with Gasteiger partial charge in [0.05, 0.1) is 18.4 Å². The number of benzene rings is 2. The molecule has 3 N–H and O–H groups in total. The van der Waals surface area contributed by atoms with E-state index in [1.807, 2.05) is 0 Å². The highest BCUT2D eigenvalue weighted by molar-refractivity contribution is 6.05. The molecule has 0 saturated heterocycles. The minimum atomic E-state index is -0.560. The van der Waals surface area contributed by atoms with Gasteiger partial charge in [-0.25, -0.2) is 4.39 Å². The van der Waals surface area contributed by atoms with Crippen molar-refractivity contribution in [2.45, 2.75) is 13.5 Å². The molecule has 0 heterocycles. The largest absolute Gasteiger partial charge is 0.495 e. The van der Waals surface area contributed by atoms with Crippen molar-refractivity contribution in [1.82, 2.24) is 0 Å². The molecule has 110 valence electrons. The number of aryl methyl sites for hydroxylation is 1. The standard InChI is InChI=1S/C16H17FN2O2/c1-10-3-5-13(17)12(7-10)16(20)19-14-6-4-11(9-18)8-15(14)21-2/h3-8H,9,18H2,1-2H3,(H,19,20). The minimum absolute atomic E-state index is 0.0000422. The first kappa shape index (κ1) is 15.0. The van der Waals surface area contributed by atoms with Gasteiger partial charge in [-0.15, -0.1) is 0 Å². The molecule has 0 aliphatic heterocycles. The van der Waals surface area contributed by atoms with Crippen molar-refractivity contribution in [3.05, 3.63) is 58.9 Å². The summed E-state index contributed by atoms with van der Waals surface area (Å²) in [6.45, 7) is 2.17. The minimum Gasteiger partial charge on any atom is -0.495 e. The van der Waals surface area contributed by atoms with Gasteiger partial charge in [-0.3, -0.25) is 4.79 Å². The molecular weight excluding hydrogens is 271 g/mol. The van der Waals surface area contributed by atoms with Crippen LogP contribution in [0.4, 0.5) is 10.1 Å². The van der Waals surface area contributed by atoms with Crippen LogP contribution in [0.25, 0.3) is 0 Å². The number of ether oxygens (including phenoxy) is 1. The fraction of sp³-hybridized carbons (Fsp3) is 0.188. The van der Waals surface area contributed by atoms with Gasteiger partial charge in [-0.1, -0.05) is 17.7 Å². The Hall–Kier alpha value is -2.40. The summed E-state index contributed by atoms with van der Waals surface area (Å²) in [6, 6.07) is 9.60. The van der Waals surface area contributed by atoms with E-state index in [-0.39, 0.29) is 5.56 Å². The summed E-state index contributed by atoms with van der Waals surface area (Å²) in [5.41, 5.74) is 7.73. The highest BCUT2D eigenvalue weighted by Gasteiger charge is 2.14. The summed E-state index contributed by atoms with van der Waals surface area (Å²) in [5.74, 6) is -0.593. The molecule has 2 aromatic rings. The number of anilines is 1. The second-order valence-electron chi connectivity index (χ2n) is 4.68. The van der Waals surface area contributed by atoms with Crippen molar-refractivity contribution in [3.8, 4) is 5.75 Å². The van der Waals surface area contributed by atoms with E-state index in [0.29, 0.717) is 18.0 Å². The SMILES string of the molecule is COc1cc(CN)ccc1NC(=O)c1cc(C)ccc1F. The molecule has 0 radical (unpaired) electrons. The van der Waals surface area contributed by atoms with Crippen LogP contribution in [0.2, 0.25) is 0 Å². The molecule has 0 fully saturated rings. The first-order valence-electron chi connectivity index (χ1n) is 6.49. The molecule has 0 aliphatic carbocycles. The number of halogens is 1. The lowest BCUT2D eigenvalue weighted by molar-refractivity contribution is 0.102. The van der Waals surface area contributed by atoms with Crippen LogP contribution in [0, 0.1) is 12.7 Å². The van der Waals surface area contributed by atoms with Crippen LogP contribution in [0.15, 0.2) is 36.4 Å². The Morgan fingerprint density at radius 1 is 1.29 bits per heavy atom. The molecule has 0 aliphatic rings. The number of amides is 1. The summed E-state index contributed by atoms with van der Waals surface area (Å²) in [7, 11) is 1.50. The maximum absolute atomic E-state index is 13.7. The summed E-state index contributed by atoms with van der Waals surface area (Å²) < 4.78 is 18.9. The maximum Gasteiger partial charge on any atom is 0.258 e. The van der Waals surface area contributed by atoms with E-state index < -0.39 is 11.7 Å². The van der Waals surface area contributed by atoms with Crippen LogP contribution >= 0.6 is 0 Å². The Bertz CT molecular complexity index is 671. The molecule has 4 nitrogen and oxygen atoms in total. The predicted molar refractivity (Wildman–Crippen MR) is 80.0 cm³/mol. The lowest BCUT2D eigenvalue weighted by atomic mass is 10.1. The molecule has 0 saturated carbocycles. The quantitative estimate of drug-likeness (QED) is 0.909. The Kier molecular flexibility index (Phi) is 4.55. The fourth-order valence-electron chi connectivity index (χ4n) is 1.97. The van der Waals surface area contributed by atoms with Gasteiger partial charge < -0.3 is 15.8 Å². The Labute approximate surface area is 122 Å². The average Bonchev–Trinajstić information content (AvgIpc) is 2.49. The van der Waals surface area contributed by atoms with Gasteiger partial charge >= 0.3 is 0 Å². The van der Waals surface area contributed by atoms with Crippen LogP contribution < -0.4 is 15.8 Å². The van der Waals surface area contributed by atoms with Gasteiger partial charge in [0.25, 0.3) is 5.91 Å². The van der Waals surface area contributed by atoms with Crippen LogP contribution in [-0.2, 0) is 6.54 Å². The third-order valence-corrected chi connectivity index (χ3v) is 3.12. The lowest BCUT2D eigenvalue weighted by Gasteiger charge is -2.12. The number of nitrogens with one attached hydrogen (secondary N) is 1. The molecule has 5 heteroatoms. The third-order valence-electron chi connectivity index (χ3n) is 3.12. The van der Waals surface area contributed by atoms with Crippen molar-refractivity contribution >= 4 is 11.6 Å². The molecular formula is C16H17FN2O2. The molecule has 0 aromatic heterocycles.